The van der Waals surface area contributed by atoms with Crippen LogP contribution >= 0.6 is 15.6 Å². The summed E-state index contributed by atoms with van der Waals surface area (Å²) in [6, 6.07) is 0. The molecule has 0 aliphatic heterocycles. The first kappa shape index (κ1) is 106. The molecule has 0 fully saturated rings. The van der Waals surface area contributed by atoms with Gasteiger partial charge in [-0.3, -0.25) is 37.3 Å². The van der Waals surface area contributed by atoms with E-state index in [9.17, 15) is 43.2 Å². The summed E-state index contributed by atoms with van der Waals surface area (Å²) in [6.45, 7) is 9.72. The van der Waals surface area contributed by atoms with Crippen LogP contribution in [0.25, 0.3) is 0 Å². The fraction of sp³-hybridized carbons (Fsp3) is 0.955. The van der Waals surface area contributed by atoms with E-state index in [2.05, 4.69) is 41.5 Å². The average molecular weight is 1580 g/mol. The average Bonchev–Trinajstić information content (AvgIpc) is 0.899. The van der Waals surface area contributed by atoms with E-state index >= 15 is 0 Å². The lowest BCUT2D eigenvalue weighted by Crippen LogP contribution is -2.30. The largest absolute Gasteiger partial charge is 0.472 e. The third-order valence-electron chi connectivity index (χ3n) is 21.3. The van der Waals surface area contributed by atoms with Gasteiger partial charge in [0.15, 0.2) is 12.2 Å². The predicted molar refractivity (Wildman–Crippen MR) is 446 cm³/mol. The van der Waals surface area contributed by atoms with Crippen molar-refractivity contribution in [2.45, 2.75) is 496 Å². The summed E-state index contributed by atoms with van der Waals surface area (Å²) in [5, 5.41) is 10.7. The fourth-order valence-electron chi connectivity index (χ4n) is 13.9. The zero-order valence-corrected chi connectivity index (χ0v) is 73.0. The van der Waals surface area contributed by atoms with Crippen LogP contribution in [0.15, 0.2) is 0 Å². The molecule has 0 rings (SSSR count). The van der Waals surface area contributed by atoms with Gasteiger partial charge in [0.2, 0.25) is 0 Å². The lowest BCUT2D eigenvalue weighted by Gasteiger charge is -2.21. The highest BCUT2D eigenvalue weighted by Crippen LogP contribution is 2.45. The minimum absolute atomic E-state index is 0.108. The second-order valence-electron chi connectivity index (χ2n) is 32.7. The van der Waals surface area contributed by atoms with Gasteiger partial charge in [0, 0.05) is 25.7 Å². The summed E-state index contributed by atoms with van der Waals surface area (Å²) >= 11 is 0. The minimum Gasteiger partial charge on any atom is -0.462 e. The number of aliphatic hydroxyl groups excluding tert-OH is 1. The van der Waals surface area contributed by atoms with Crippen molar-refractivity contribution >= 4 is 39.5 Å². The van der Waals surface area contributed by atoms with Gasteiger partial charge in [-0.15, -0.1) is 0 Å². The van der Waals surface area contributed by atoms with Crippen LogP contribution in [0.3, 0.4) is 0 Å². The molecule has 0 aromatic rings. The van der Waals surface area contributed by atoms with Crippen LogP contribution in [0.2, 0.25) is 0 Å². The minimum atomic E-state index is -4.97. The topological polar surface area (TPSA) is 237 Å². The highest BCUT2D eigenvalue weighted by molar-refractivity contribution is 7.47. The summed E-state index contributed by atoms with van der Waals surface area (Å²) in [5.41, 5.74) is 0. The van der Waals surface area contributed by atoms with Gasteiger partial charge in [0.05, 0.1) is 26.4 Å². The monoisotopic (exact) mass is 1580 g/mol. The number of aliphatic hydroxyl groups is 1. The molecule has 108 heavy (non-hydrogen) atoms. The molecular formula is C89H174O17P2. The summed E-state index contributed by atoms with van der Waals surface area (Å²) in [6.07, 6.45) is 73.6. The van der Waals surface area contributed by atoms with Crippen LogP contribution in [0, 0.1) is 11.8 Å². The number of esters is 4. The van der Waals surface area contributed by atoms with Gasteiger partial charge < -0.3 is 33.8 Å². The van der Waals surface area contributed by atoms with Crippen molar-refractivity contribution in [1.82, 2.24) is 0 Å². The lowest BCUT2D eigenvalue weighted by atomic mass is 9.99. The van der Waals surface area contributed by atoms with Crippen LogP contribution in [0.4, 0.5) is 0 Å². The zero-order chi connectivity index (χ0) is 79.2. The quantitative estimate of drug-likeness (QED) is 0.0222. The Morgan fingerprint density at radius 2 is 0.472 bits per heavy atom. The Bertz CT molecular complexity index is 2070. The number of phosphoric acid groups is 2. The first-order valence-corrected chi connectivity index (χ1v) is 49.0. The van der Waals surface area contributed by atoms with Crippen molar-refractivity contribution in [1.29, 1.82) is 0 Å². The van der Waals surface area contributed by atoms with E-state index in [0.29, 0.717) is 25.7 Å². The summed E-state index contributed by atoms with van der Waals surface area (Å²) in [7, 11) is -9.93. The van der Waals surface area contributed by atoms with Gasteiger partial charge in [-0.05, 0) is 37.5 Å². The standard InChI is InChI=1S/C89H174O17P2/c1-7-10-12-14-16-18-20-22-24-26-27-28-29-30-31-35-40-44-48-56-62-68-74-88(93)105-84(77-99-86(91)71-65-59-53-46-42-38-36-32-33-37-41-45-51-57-63-69-81(4)5)79-103-107(95,96)101-75-83(90)76-102-108(97,98)104-80-85(78-100-87(92)72-66-60-54-50-49-52-58-64-70-82(6)9-3)106-89(94)73-67-61-55-47-43-39-34-25-23-21-19-17-15-13-11-8-2/h81-85,90H,7-80H2,1-6H3,(H,95,96)(H,97,98)/t82?,83-,84-,85-/m1/s1. The Labute approximate surface area is 664 Å². The third kappa shape index (κ3) is 80.7. The predicted octanol–water partition coefficient (Wildman–Crippen LogP) is 27.4. The van der Waals surface area contributed by atoms with Crippen molar-refractivity contribution in [3.8, 4) is 0 Å². The highest BCUT2D eigenvalue weighted by Gasteiger charge is 2.31. The van der Waals surface area contributed by atoms with Gasteiger partial charge in [-0.1, -0.05) is 427 Å². The van der Waals surface area contributed by atoms with Crippen molar-refractivity contribution < 1.29 is 80.2 Å². The maximum atomic E-state index is 13.2. The van der Waals surface area contributed by atoms with Crippen molar-refractivity contribution in [3.05, 3.63) is 0 Å². The normalized spacial score (nSPS) is 14.0. The molecule has 642 valence electrons. The number of carbonyl (C=O) groups excluding carboxylic acids is 4. The first-order chi connectivity index (χ1) is 52.4. The molecule has 0 heterocycles. The Morgan fingerprint density at radius 1 is 0.269 bits per heavy atom. The molecule has 3 unspecified atom stereocenters. The molecule has 17 nitrogen and oxygen atoms in total. The fourth-order valence-corrected chi connectivity index (χ4v) is 15.5. The molecule has 6 atom stereocenters. The first-order valence-electron chi connectivity index (χ1n) is 46.0. The molecule has 0 saturated carbocycles. The SMILES string of the molecule is CCCCCCCCCCCCCCCCCCCCCCCCC(=O)O[C@H](COC(=O)CCCCCCCCCCCCCCCCCC(C)C)COP(=O)(O)OC[C@@H](O)COP(=O)(O)OC[C@@H](COC(=O)CCCCCCCCCCC(C)CC)OC(=O)CCCCCCCCCCCCCCCCCC. The molecule has 19 heteroatoms. The number of hydrogen-bond donors (Lipinski definition) is 3. The van der Waals surface area contributed by atoms with Gasteiger partial charge in [-0.2, -0.15) is 0 Å². The number of carbonyl (C=O) groups is 4. The van der Waals surface area contributed by atoms with Crippen LogP contribution in [-0.4, -0.2) is 96.7 Å². The molecule has 3 N–H and O–H groups in total. The molecule has 0 spiro atoms. The van der Waals surface area contributed by atoms with E-state index in [1.54, 1.807) is 0 Å². The highest BCUT2D eigenvalue weighted by atomic mass is 31.2. The Morgan fingerprint density at radius 3 is 0.704 bits per heavy atom. The maximum Gasteiger partial charge on any atom is 0.472 e. The van der Waals surface area contributed by atoms with Gasteiger partial charge >= 0.3 is 39.5 Å². The third-order valence-corrected chi connectivity index (χ3v) is 23.2. The second kappa shape index (κ2) is 80.3. The summed E-state index contributed by atoms with van der Waals surface area (Å²) in [4.78, 5) is 73.4. The Kier molecular flexibility index (Phi) is 78.8. The molecule has 0 aliphatic carbocycles. The van der Waals surface area contributed by atoms with E-state index < -0.39 is 97.5 Å². The summed E-state index contributed by atoms with van der Waals surface area (Å²) in [5.74, 6) is -0.514. The number of unbranched alkanes of at least 4 members (excludes halogenated alkanes) is 57. The summed E-state index contributed by atoms with van der Waals surface area (Å²) < 4.78 is 69.0. The number of hydrogen-bond acceptors (Lipinski definition) is 15. The Hall–Kier alpha value is -1.94. The van der Waals surface area contributed by atoms with Crippen molar-refractivity contribution in [2.75, 3.05) is 39.6 Å². The van der Waals surface area contributed by atoms with Gasteiger partial charge in [-0.25, -0.2) is 9.13 Å². The second-order valence-corrected chi connectivity index (χ2v) is 35.6. The van der Waals surface area contributed by atoms with Crippen LogP contribution in [-0.2, 0) is 65.4 Å². The molecule has 0 bridgehead atoms. The van der Waals surface area contributed by atoms with Gasteiger partial charge in [0.25, 0.3) is 0 Å². The van der Waals surface area contributed by atoms with Gasteiger partial charge in [0.1, 0.15) is 19.3 Å². The maximum absolute atomic E-state index is 13.2. The van der Waals surface area contributed by atoms with Crippen LogP contribution in [0.5, 0.6) is 0 Å². The molecule has 0 aromatic carbocycles. The van der Waals surface area contributed by atoms with E-state index in [1.165, 1.54) is 295 Å². The molecule has 0 amide bonds. The van der Waals surface area contributed by atoms with E-state index in [1.807, 2.05) is 0 Å². The molecular weight excluding hydrogens is 1400 g/mol. The molecule has 0 saturated heterocycles. The van der Waals surface area contributed by atoms with Crippen LogP contribution in [0.1, 0.15) is 478 Å². The molecule has 0 aromatic heterocycles. The molecule has 0 aliphatic rings. The Balaban J connectivity index is 5.25. The number of rotatable bonds is 88. The van der Waals surface area contributed by atoms with Crippen molar-refractivity contribution in [2.24, 2.45) is 11.8 Å². The van der Waals surface area contributed by atoms with Crippen LogP contribution < -0.4 is 0 Å². The van der Waals surface area contributed by atoms with E-state index in [0.717, 1.165) is 102 Å². The zero-order valence-electron chi connectivity index (χ0n) is 71.2. The van der Waals surface area contributed by atoms with E-state index in [-0.39, 0.29) is 25.7 Å². The lowest BCUT2D eigenvalue weighted by molar-refractivity contribution is -0.161. The number of phosphoric ester groups is 2. The molecule has 0 radical (unpaired) electrons. The van der Waals surface area contributed by atoms with Crippen molar-refractivity contribution in [3.63, 3.8) is 0 Å². The smallest absolute Gasteiger partial charge is 0.462 e. The number of ether oxygens (including phenoxy) is 4. The van der Waals surface area contributed by atoms with E-state index in [4.69, 9.17) is 37.0 Å².